The minimum Gasteiger partial charge on any atom is -0.508 e. The fraction of sp³-hybridized carbons (Fsp3) is 0.250. The molecule has 1 aliphatic carbocycles. The number of phenols is 1. The molecule has 1 N–H and O–H groups in total. The predicted octanol–water partition coefficient (Wildman–Crippen LogP) is 3.71. The van der Waals surface area contributed by atoms with E-state index in [4.69, 9.17) is 27.9 Å². The molecule has 1 saturated heterocycles. The van der Waals surface area contributed by atoms with Crippen LogP contribution in [0.5, 0.6) is 11.5 Å². The molecule has 44 heavy (non-hydrogen) atoms. The van der Waals surface area contributed by atoms with E-state index < -0.39 is 44.9 Å². The van der Waals surface area contributed by atoms with Crippen LogP contribution in [-0.4, -0.2) is 52.5 Å². The lowest BCUT2D eigenvalue weighted by Gasteiger charge is -2.49. The maximum absolute atomic E-state index is 13.9. The molecule has 7 rings (SSSR count). The third-order valence-corrected chi connectivity index (χ3v) is 10.3. The summed E-state index contributed by atoms with van der Waals surface area (Å²) in [6.07, 6.45) is 1.49. The van der Waals surface area contributed by atoms with Crippen LogP contribution in [0.3, 0.4) is 0 Å². The van der Waals surface area contributed by atoms with Crippen molar-refractivity contribution in [3.8, 4) is 17.2 Å². The summed E-state index contributed by atoms with van der Waals surface area (Å²) in [5, 5.41) is 11.4. The summed E-state index contributed by atoms with van der Waals surface area (Å²) in [4.78, 5) is 51.6. The van der Waals surface area contributed by atoms with E-state index >= 15 is 0 Å². The quantitative estimate of drug-likeness (QED) is 0.204. The van der Waals surface area contributed by atoms with Gasteiger partial charge in [0.1, 0.15) is 18.1 Å². The number of halogens is 2. The number of fused-ring (bicyclic) bond motifs is 4. The summed E-state index contributed by atoms with van der Waals surface area (Å²) >= 11 is 14.4. The van der Waals surface area contributed by atoms with Gasteiger partial charge in [-0.05, 0) is 29.3 Å². The van der Waals surface area contributed by atoms with E-state index in [1.165, 1.54) is 22.5 Å². The van der Waals surface area contributed by atoms with Crippen LogP contribution in [0.25, 0.3) is 5.69 Å². The van der Waals surface area contributed by atoms with Crippen molar-refractivity contribution in [3.05, 3.63) is 123 Å². The number of hydrogen-bond donors (Lipinski definition) is 1. The molecule has 3 aliphatic rings. The van der Waals surface area contributed by atoms with Crippen LogP contribution in [0.4, 0.5) is 0 Å². The summed E-state index contributed by atoms with van der Waals surface area (Å²) in [5.74, 6) is -2.42. The molecule has 2 aliphatic heterocycles. The van der Waals surface area contributed by atoms with Gasteiger partial charge in [-0.3, -0.25) is 14.5 Å². The van der Waals surface area contributed by atoms with Crippen LogP contribution < -0.4 is 16.1 Å². The van der Waals surface area contributed by atoms with E-state index in [0.29, 0.717) is 17.0 Å². The van der Waals surface area contributed by atoms with E-state index in [1.807, 2.05) is 30.3 Å². The molecule has 0 spiro atoms. The number of para-hydroxylation sites is 1. The SMILES string of the molecule is CN1C(=O)[C@]2(Cl)C[C@@H]3C(=CCn4c(=O)n(-c5ccccc5)c(=O)n43)[C@H](c3ccc(OCc4ccccc4)cc3O)[C@]2(Cl)C1=O. The summed E-state index contributed by atoms with van der Waals surface area (Å²) in [6, 6.07) is 21.7. The number of aromatic nitrogens is 3. The highest BCUT2D eigenvalue weighted by atomic mass is 35.5. The van der Waals surface area contributed by atoms with Crippen LogP contribution in [0.15, 0.2) is 100 Å². The predicted molar refractivity (Wildman–Crippen MR) is 163 cm³/mol. The van der Waals surface area contributed by atoms with Gasteiger partial charge in [0.05, 0.1) is 18.3 Å². The lowest BCUT2D eigenvalue weighted by atomic mass is 9.64. The van der Waals surface area contributed by atoms with Crippen LogP contribution in [-0.2, 0) is 22.7 Å². The number of carbonyl (C=O) groups is 2. The average Bonchev–Trinajstić information content (AvgIpc) is 3.36. The van der Waals surface area contributed by atoms with Crippen molar-refractivity contribution < 1.29 is 19.4 Å². The van der Waals surface area contributed by atoms with E-state index in [9.17, 15) is 24.3 Å². The number of hydrogen-bond acceptors (Lipinski definition) is 6. The molecule has 2 amide bonds. The summed E-state index contributed by atoms with van der Waals surface area (Å²) in [5.41, 5.74) is 0.852. The Balaban J connectivity index is 1.37. The van der Waals surface area contributed by atoms with Crippen LogP contribution in [0, 0.1) is 0 Å². The molecule has 2 fully saturated rings. The minimum atomic E-state index is -2.03. The van der Waals surface area contributed by atoms with Crippen molar-refractivity contribution in [1.82, 2.24) is 18.8 Å². The van der Waals surface area contributed by atoms with Gasteiger partial charge in [-0.15, -0.1) is 23.2 Å². The van der Waals surface area contributed by atoms with E-state index in [1.54, 1.807) is 48.5 Å². The standard InChI is InChI=1S/C32H26Cl2N4O6/c1-35-27(40)31(33)17-24-22(14-15-36-29(42)37(30(43)38(24)36)20-10-6-3-7-11-20)26(32(31,34)28(35)41)23-13-12-21(16-25(23)39)44-18-19-8-4-2-5-9-19/h2-14,16,24,26,39H,15,17-18H2,1H3/t24-,26-,31-,32+/m1/s1. The minimum absolute atomic E-state index is 0.00446. The molecule has 0 bridgehead atoms. The van der Waals surface area contributed by atoms with Gasteiger partial charge in [-0.1, -0.05) is 60.7 Å². The second-order valence-electron chi connectivity index (χ2n) is 11.2. The number of phenolic OH excluding ortho intramolecular Hbond substituents is 1. The number of nitrogens with zero attached hydrogens (tertiary/aromatic N) is 4. The third-order valence-electron chi connectivity index (χ3n) is 8.86. The van der Waals surface area contributed by atoms with Gasteiger partial charge in [0.25, 0.3) is 11.8 Å². The fourth-order valence-electron chi connectivity index (χ4n) is 6.75. The number of rotatable bonds is 5. The second kappa shape index (κ2) is 10.0. The van der Waals surface area contributed by atoms with Gasteiger partial charge in [0.2, 0.25) is 0 Å². The van der Waals surface area contributed by atoms with Crippen molar-refractivity contribution >= 4 is 35.0 Å². The largest absolute Gasteiger partial charge is 0.508 e. The smallest absolute Gasteiger partial charge is 0.352 e. The Morgan fingerprint density at radius 1 is 0.909 bits per heavy atom. The number of amides is 2. The maximum Gasteiger partial charge on any atom is 0.352 e. The van der Waals surface area contributed by atoms with E-state index in [2.05, 4.69) is 0 Å². The summed E-state index contributed by atoms with van der Waals surface area (Å²) < 4.78 is 9.50. The van der Waals surface area contributed by atoms with Crippen LogP contribution in [0.2, 0.25) is 0 Å². The Bertz CT molecular complexity index is 1980. The Kier molecular flexibility index (Phi) is 6.42. The number of benzene rings is 3. The van der Waals surface area contributed by atoms with Crippen molar-refractivity contribution in [1.29, 1.82) is 0 Å². The molecule has 4 atom stereocenters. The zero-order valence-corrected chi connectivity index (χ0v) is 24.9. The Labute approximate surface area is 260 Å². The van der Waals surface area contributed by atoms with E-state index in [0.717, 1.165) is 15.0 Å². The fourth-order valence-corrected chi connectivity index (χ4v) is 7.74. The van der Waals surface area contributed by atoms with Gasteiger partial charge in [-0.25, -0.2) is 23.5 Å². The van der Waals surface area contributed by atoms with Crippen molar-refractivity contribution in [2.45, 2.75) is 41.3 Å². The number of ether oxygens (including phenoxy) is 1. The lowest BCUT2D eigenvalue weighted by molar-refractivity contribution is -0.137. The number of allylic oxidation sites excluding steroid dienone is 2. The van der Waals surface area contributed by atoms with Gasteiger partial charge >= 0.3 is 11.4 Å². The van der Waals surface area contributed by atoms with Gasteiger partial charge < -0.3 is 9.84 Å². The zero-order chi connectivity index (χ0) is 31.0. The Hall–Kier alpha value is -4.54. The monoisotopic (exact) mass is 632 g/mol. The molecule has 4 aromatic rings. The molecule has 10 nitrogen and oxygen atoms in total. The van der Waals surface area contributed by atoms with Crippen molar-refractivity contribution in [3.63, 3.8) is 0 Å². The first-order chi connectivity index (χ1) is 21.1. The first-order valence-corrected chi connectivity index (χ1v) is 14.7. The average molecular weight is 633 g/mol. The highest BCUT2D eigenvalue weighted by Crippen LogP contribution is 2.64. The Morgan fingerprint density at radius 2 is 1.59 bits per heavy atom. The molecule has 12 heteroatoms. The first-order valence-electron chi connectivity index (χ1n) is 14.0. The number of alkyl halides is 2. The summed E-state index contributed by atoms with van der Waals surface area (Å²) in [7, 11) is 1.31. The molecule has 0 unspecified atom stereocenters. The number of likely N-dealkylation sites (tertiary alicyclic amines) is 1. The highest BCUT2D eigenvalue weighted by Gasteiger charge is 2.75. The van der Waals surface area contributed by atoms with Crippen LogP contribution >= 0.6 is 23.2 Å². The zero-order valence-electron chi connectivity index (χ0n) is 23.4. The van der Waals surface area contributed by atoms with E-state index in [-0.39, 0.29) is 30.9 Å². The normalized spacial score (nSPS) is 25.7. The molecule has 3 heterocycles. The van der Waals surface area contributed by atoms with Gasteiger partial charge in [0.15, 0.2) is 9.75 Å². The third kappa shape index (κ3) is 3.80. The summed E-state index contributed by atoms with van der Waals surface area (Å²) in [6.45, 7) is 0.257. The van der Waals surface area contributed by atoms with Gasteiger partial charge in [0, 0.05) is 31.0 Å². The second-order valence-corrected chi connectivity index (χ2v) is 12.4. The van der Waals surface area contributed by atoms with Crippen LogP contribution in [0.1, 0.15) is 29.5 Å². The first kappa shape index (κ1) is 28.2. The number of aromatic hydroxyl groups is 1. The van der Waals surface area contributed by atoms with Crippen molar-refractivity contribution in [2.24, 2.45) is 0 Å². The molecule has 3 aromatic carbocycles. The molecular weight excluding hydrogens is 607 g/mol. The molecular formula is C32H26Cl2N4O6. The topological polar surface area (TPSA) is 116 Å². The molecule has 224 valence electrons. The molecule has 0 radical (unpaired) electrons. The number of imide groups is 1. The maximum atomic E-state index is 13.9. The highest BCUT2D eigenvalue weighted by molar-refractivity contribution is 6.53. The van der Waals surface area contributed by atoms with Gasteiger partial charge in [-0.2, -0.15) is 0 Å². The number of carbonyl (C=O) groups excluding carboxylic acids is 2. The lowest BCUT2D eigenvalue weighted by Crippen LogP contribution is -2.59. The molecule has 1 saturated carbocycles. The Morgan fingerprint density at radius 3 is 2.27 bits per heavy atom. The van der Waals surface area contributed by atoms with Crippen molar-refractivity contribution in [2.75, 3.05) is 7.05 Å². The molecule has 1 aromatic heterocycles.